The highest BCUT2D eigenvalue weighted by Gasteiger charge is 2.01. The van der Waals surface area contributed by atoms with Gasteiger partial charge in [0.1, 0.15) is 6.61 Å². The minimum Gasteiger partial charge on any atom is -0.460 e. The molecule has 0 heterocycles. The average molecular weight is 357 g/mol. The summed E-state index contributed by atoms with van der Waals surface area (Å²) < 4.78 is 15.8. The van der Waals surface area contributed by atoms with Crippen LogP contribution in [0.5, 0.6) is 0 Å². The van der Waals surface area contributed by atoms with Crippen LogP contribution in [0, 0.1) is 0 Å². The van der Waals surface area contributed by atoms with E-state index in [1.54, 1.807) is 6.92 Å². The molecule has 0 aliphatic carbocycles. The van der Waals surface area contributed by atoms with Gasteiger partial charge in [0.15, 0.2) is 0 Å². The van der Waals surface area contributed by atoms with Crippen molar-refractivity contribution >= 4 is 5.97 Å². The molecule has 148 valence electrons. The molecule has 0 fully saturated rings. The molecule has 0 rings (SSSR count). The lowest BCUT2D eigenvalue weighted by Crippen LogP contribution is -2.13. The van der Waals surface area contributed by atoms with Crippen molar-refractivity contribution in [3.63, 3.8) is 0 Å². The van der Waals surface area contributed by atoms with Crippen LogP contribution in [0.4, 0.5) is 0 Å². The van der Waals surface area contributed by atoms with Crippen LogP contribution in [-0.2, 0) is 19.0 Å². The van der Waals surface area contributed by atoms with Crippen molar-refractivity contribution in [2.45, 2.75) is 84.5 Å². The molecule has 0 bridgehead atoms. The predicted octanol–water partition coefficient (Wildman–Crippen LogP) is 5.45. The van der Waals surface area contributed by atoms with Gasteiger partial charge < -0.3 is 14.2 Å². The first kappa shape index (κ1) is 24.1. The highest BCUT2D eigenvalue weighted by Crippen LogP contribution is 2.11. The summed E-state index contributed by atoms with van der Waals surface area (Å²) in [5, 5.41) is 0. The Morgan fingerprint density at radius 3 is 1.64 bits per heavy atom. The Hall–Kier alpha value is -0.870. The number of carbonyl (C=O) groups excluding carboxylic acids is 1. The van der Waals surface area contributed by atoms with Crippen LogP contribution in [0.25, 0.3) is 0 Å². The van der Waals surface area contributed by atoms with Gasteiger partial charge in [-0.15, -0.1) is 0 Å². The van der Waals surface area contributed by atoms with E-state index in [0.717, 1.165) is 13.0 Å². The van der Waals surface area contributed by atoms with Crippen LogP contribution in [0.2, 0.25) is 0 Å². The lowest BCUT2D eigenvalue weighted by molar-refractivity contribution is -0.140. The highest BCUT2D eigenvalue weighted by atomic mass is 16.6. The molecule has 0 aliphatic rings. The van der Waals surface area contributed by atoms with Gasteiger partial charge in [-0.25, -0.2) is 4.79 Å². The topological polar surface area (TPSA) is 44.8 Å². The summed E-state index contributed by atoms with van der Waals surface area (Å²) in [4.78, 5) is 11.1. The van der Waals surface area contributed by atoms with Crippen LogP contribution >= 0.6 is 0 Å². The maximum Gasteiger partial charge on any atom is 0.333 e. The number of unbranched alkanes of at least 4 members (excludes halogenated alkanes) is 10. The van der Waals surface area contributed by atoms with Gasteiger partial charge in [0.05, 0.1) is 19.8 Å². The summed E-state index contributed by atoms with van der Waals surface area (Å²) in [5.74, 6) is -0.364. The first-order chi connectivity index (χ1) is 12.2. The quantitative estimate of drug-likeness (QED) is 0.175. The van der Waals surface area contributed by atoms with E-state index in [1.807, 2.05) is 0 Å². The summed E-state index contributed by atoms with van der Waals surface area (Å²) in [5.41, 5.74) is 0.412. The Morgan fingerprint density at radius 2 is 1.12 bits per heavy atom. The first-order valence-electron chi connectivity index (χ1n) is 10.2. The fraction of sp³-hybridized carbons (Fsp3) is 0.857. The molecule has 0 aromatic heterocycles. The Bertz CT molecular complexity index is 315. The van der Waals surface area contributed by atoms with E-state index in [1.165, 1.54) is 64.2 Å². The predicted molar refractivity (Wildman–Crippen MR) is 104 cm³/mol. The minimum absolute atomic E-state index is 0.268. The van der Waals surface area contributed by atoms with Crippen molar-refractivity contribution in [3.8, 4) is 0 Å². The maximum absolute atomic E-state index is 11.1. The summed E-state index contributed by atoms with van der Waals surface area (Å²) in [6, 6.07) is 0. The van der Waals surface area contributed by atoms with Crippen molar-refractivity contribution in [3.05, 3.63) is 12.2 Å². The molecule has 0 saturated carbocycles. The molecule has 0 atom stereocenters. The van der Waals surface area contributed by atoms with Crippen molar-refractivity contribution in [2.24, 2.45) is 0 Å². The second kappa shape index (κ2) is 19.5. The summed E-state index contributed by atoms with van der Waals surface area (Å²) >= 11 is 0. The van der Waals surface area contributed by atoms with E-state index in [2.05, 4.69) is 13.5 Å². The van der Waals surface area contributed by atoms with Crippen LogP contribution in [0.15, 0.2) is 12.2 Å². The molecule has 0 N–H and O–H groups in total. The van der Waals surface area contributed by atoms with Gasteiger partial charge >= 0.3 is 5.97 Å². The van der Waals surface area contributed by atoms with Crippen LogP contribution < -0.4 is 0 Å². The van der Waals surface area contributed by atoms with Crippen molar-refractivity contribution in [2.75, 3.05) is 33.0 Å². The second-order valence-corrected chi connectivity index (χ2v) is 6.68. The zero-order valence-corrected chi connectivity index (χ0v) is 16.7. The molecule has 0 aromatic carbocycles. The van der Waals surface area contributed by atoms with Crippen molar-refractivity contribution < 1.29 is 19.0 Å². The summed E-state index contributed by atoms with van der Waals surface area (Å²) in [6.45, 7) is 10.0. The third kappa shape index (κ3) is 19.3. The molecule has 4 heteroatoms. The number of carbonyl (C=O) groups is 1. The van der Waals surface area contributed by atoms with E-state index >= 15 is 0 Å². The van der Waals surface area contributed by atoms with Crippen molar-refractivity contribution in [1.29, 1.82) is 0 Å². The highest BCUT2D eigenvalue weighted by molar-refractivity contribution is 5.86. The van der Waals surface area contributed by atoms with Gasteiger partial charge in [-0.2, -0.15) is 0 Å². The number of hydrogen-bond acceptors (Lipinski definition) is 4. The number of hydrogen-bond donors (Lipinski definition) is 0. The molecule has 4 nitrogen and oxygen atoms in total. The zero-order chi connectivity index (χ0) is 18.6. The Morgan fingerprint density at radius 1 is 0.680 bits per heavy atom. The molecule has 0 aliphatic heterocycles. The maximum atomic E-state index is 11.1. The molecule has 0 saturated heterocycles. The fourth-order valence-electron chi connectivity index (χ4n) is 2.51. The third-order valence-corrected chi connectivity index (χ3v) is 4.07. The SMILES string of the molecule is C=C(C)C(=O)OCCOCCOCCCCCCCCCCCCC. The standard InChI is InChI=1S/C21H40O4/c1-4-5-6-7-8-9-10-11-12-13-14-15-23-16-17-24-18-19-25-21(22)20(2)3/h2,4-19H2,1,3H3. The fourth-order valence-corrected chi connectivity index (χ4v) is 2.51. The summed E-state index contributed by atoms with van der Waals surface area (Å²) in [6.07, 6.45) is 14.8. The molecular weight excluding hydrogens is 316 g/mol. The molecular formula is C21H40O4. The van der Waals surface area contributed by atoms with Gasteiger partial charge in [-0.3, -0.25) is 0 Å². The van der Waals surface area contributed by atoms with Gasteiger partial charge in [-0.1, -0.05) is 77.7 Å². The van der Waals surface area contributed by atoms with Crippen LogP contribution in [0.1, 0.15) is 84.5 Å². The van der Waals surface area contributed by atoms with Gasteiger partial charge in [0.2, 0.25) is 0 Å². The van der Waals surface area contributed by atoms with Gasteiger partial charge in [-0.05, 0) is 13.3 Å². The molecule has 0 unspecified atom stereocenters. The van der Waals surface area contributed by atoms with Crippen LogP contribution in [0.3, 0.4) is 0 Å². The zero-order valence-electron chi connectivity index (χ0n) is 16.7. The molecule has 25 heavy (non-hydrogen) atoms. The van der Waals surface area contributed by atoms with E-state index in [4.69, 9.17) is 14.2 Å². The smallest absolute Gasteiger partial charge is 0.333 e. The Balaban J connectivity index is 3.05. The van der Waals surface area contributed by atoms with E-state index in [0.29, 0.717) is 25.4 Å². The number of ether oxygens (including phenoxy) is 3. The Labute approximate surface area is 155 Å². The third-order valence-electron chi connectivity index (χ3n) is 4.07. The van der Waals surface area contributed by atoms with Gasteiger partial charge in [0, 0.05) is 12.2 Å². The minimum atomic E-state index is -0.364. The average Bonchev–Trinajstić information content (AvgIpc) is 2.60. The normalized spacial score (nSPS) is 10.8. The lowest BCUT2D eigenvalue weighted by Gasteiger charge is -2.07. The lowest BCUT2D eigenvalue weighted by atomic mass is 10.1. The van der Waals surface area contributed by atoms with E-state index in [-0.39, 0.29) is 12.6 Å². The number of rotatable bonds is 19. The van der Waals surface area contributed by atoms with Crippen molar-refractivity contribution in [1.82, 2.24) is 0 Å². The molecule has 0 radical (unpaired) electrons. The molecule has 0 spiro atoms. The molecule has 0 amide bonds. The van der Waals surface area contributed by atoms with E-state index in [9.17, 15) is 4.79 Å². The monoisotopic (exact) mass is 356 g/mol. The van der Waals surface area contributed by atoms with Crippen LogP contribution in [-0.4, -0.2) is 39.0 Å². The second-order valence-electron chi connectivity index (χ2n) is 6.68. The van der Waals surface area contributed by atoms with E-state index < -0.39 is 0 Å². The Kier molecular flexibility index (Phi) is 18.8. The summed E-state index contributed by atoms with van der Waals surface area (Å²) in [7, 11) is 0. The molecule has 0 aromatic rings. The van der Waals surface area contributed by atoms with Gasteiger partial charge in [0.25, 0.3) is 0 Å². The number of esters is 1. The largest absolute Gasteiger partial charge is 0.460 e. The first-order valence-corrected chi connectivity index (χ1v) is 10.2.